The van der Waals surface area contributed by atoms with Crippen molar-refractivity contribution in [3.05, 3.63) is 39.4 Å². The third kappa shape index (κ3) is 4.38. The third-order valence-electron chi connectivity index (χ3n) is 2.04. The minimum atomic E-state index is -4.15. The van der Waals surface area contributed by atoms with E-state index in [0.29, 0.717) is 5.57 Å². The molecule has 1 aromatic rings. The van der Waals surface area contributed by atoms with Gasteiger partial charge in [0.25, 0.3) is 14.7 Å². The molecule has 0 fully saturated rings. The predicted octanol–water partition coefficient (Wildman–Crippen LogP) is 3.04. The van der Waals surface area contributed by atoms with E-state index in [9.17, 15) is 18.5 Å². The molecule has 9 heteroatoms. The number of non-ortho nitro benzene ring substituents is 1. The zero-order valence-corrected chi connectivity index (χ0v) is 12.0. The largest absolute Gasteiger partial charge is 0.488 e. The molecule has 0 heterocycles. The van der Waals surface area contributed by atoms with E-state index in [1.54, 1.807) is 6.92 Å². The molecule has 1 aromatic carbocycles. The molecule has 0 amide bonds. The summed E-state index contributed by atoms with van der Waals surface area (Å²) in [4.78, 5) is 9.43. The molecule has 1 rings (SSSR count). The highest BCUT2D eigenvalue weighted by atomic mass is 35.7. The highest BCUT2D eigenvalue weighted by Crippen LogP contribution is 2.31. The number of hydrogen-bond donors (Lipinski definition) is 0. The smallest absolute Gasteiger partial charge is 0.271 e. The van der Waals surface area contributed by atoms with Gasteiger partial charge in [0, 0.05) is 28.4 Å². The Morgan fingerprint density at radius 2 is 2.16 bits per heavy atom. The van der Waals surface area contributed by atoms with E-state index >= 15 is 0 Å². The van der Waals surface area contributed by atoms with Gasteiger partial charge in [0.2, 0.25) is 0 Å². The van der Waals surface area contributed by atoms with Gasteiger partial charge in [-0.2, -0.15) is 0 Å². The van der Waals surface area contributed by atoms with Crippen molar-refractivity contribution in [2.45, 2.75) is 11.8 Å². The molecular formula is C10H9Cl2NO5S. The highest BCUT2D eigenvalue weighted by Gasteiger charge is 2.21. The Labute approximate surface area is 119 Å². The Kier molecular flexibility index (Phi) is 5.16. The molecule has 0 radical (unpaired) electrons. The van der Waals surface area contributed by atoms with Crippen molar-refractivity contribution >= 4 is 37.0 Å². The van der Waals surface area contributed by atoms with Crippen LogP contribution in [0, 0.1) is 10.1 Å². The Balaban J connectivity index is 3.21. The lowest BCUT2D eigenvalue weighted by atomic mass is 10.3. The van der Waals surface area contributed by atoms with E-state index in [0.717, 1.165) is 12.1 Å². The van der Waals surface area contributed by atoms with Crippen LogP contribution in [-0.4, -0.2) is 19.9 Å². The molecule has 0 aliphatic rings. The van der Waals surface area contributed by atoms with Crippen LogP contribution in [0.25, 0.3) is 0 Å². The summed E-state index contributed by atoms with van der Waals surface area (Å²) in [6, 6.07) is 3.15. The standard InChI is InChI=1S/C10H9Cl2NO5S/c1-7(5-11)6-18-9-3-2-8(13(14)15)4-10(9)19(12,16)17/h2-5H,6H2,1H3/b7-5+. The molecular weight excluding hydrogens is 317 g/mol. The van der Waals surface area contributed by atoms with Gasteiger partial charge in [0.1, 0.15) is 17.3 Å². The van der Waals surface area contributed by atoms with E-state index in [4.69, 9.17) is 27.0 Å². The van der Waals surface area contributed by atoms with Crippen LogP contribution in [0.4, 0.5) is 5.69 Å². The zero-order valence-electron chi connectivity index (χ0n) is 9.67. The fourth-order valence-corrected chi connectivity index (χ4v) is 2.20. The molecule has 0 aliphatic carbocycles. The minimum absolute atomic E-state index is 0.0424. The molecule has 0 unspecified atom stereocenters. The Hall–Kier alpha value is -1.31. The van der Waals surface area contributed by atoms with Gasteiger partial charge in [-0.25, -0.2) is 8.42 Å². The molecule has 0 N–H and O–H groups in total. The number of rotatable bonds is 5. The van der Waals surface area contributed by atoms with Crippen LogP contribution in [0.2, 0.25) is 0 Å². The SMILES string of the molecule is C/C(=C\Cl)COc1ccc([N+](=O)[O-])cc1S(=O)(=O)Cl. The molecule has 19 heavy (non-hydrogen) atoms. The number of nitro benzene ring substituents is 1. The lowest BCUT2D eigenvalue weighted by molar-refractivity contribution is -0.385. The van der Waals surface area contributed by atoms with Crippen LogP contribution >= 0.6 is 22.3 Å². The molecule has 0 spiro atoms. The monoisotopic (exact) mass is 325 g/mol. The lowest BCUT2D eigenvalue weighted by Gasteiger charge is -2.09. The van der Waals surface area contributed by atoms with Crippen LogP contribution < -0.4 is 4.74 Å². The van der Waals surface area contributed by atoms with Crippen LogP contribution in [0.15, 0.2) is 34.2 Å². The summed E-state index contributed by atoms with van der Waals surface area (Å²) in [5, 5.41) is 10.6. The van der Waals surface area contributed by atoms with Crippen LogP contribution in [0.3, 0.4) is 0 Å². The van der Waals surface area contributed by atoms with E-state index in [2.05, 4.69) is 0 Å². The number of benzene rings is 1. The van der Waals surface area contributed by atoms with Crippen molar-refractivity contribution in [3.63, 3.8) is 0 Å². The van der Waals surface area contributed by atoms with E-state index < -0.39 is 24.6 Å². The van der Waals surface area contributed by atoms with Gasteiger partial charge in [0.05, 0.1) is 4.92 Å². The second kappa shape index (κ2) is 6.23. The average Bonchev–Trinajstić information content (AvgIpc) is 2.34. The first-order chi connectivity index (χ1) is 8.75. The molecule has 0 saturated heterocycles. The van der Waals surface area contributed by atoms with Gasteiger partial charge in [-0.3, -0.25) is 10.1 Å². The summed E-state index contributed by atoms with van der Waals surface area (Å²) in [5.41, 5.74) is 1.54. The maximum absolute atomic E-state index is 11.4. The molecule has 6 nitrogen and oxygen atoms in total. The average molecular weight is 326 g/mol. The molecule has 0 aromatic heterocycles. The van der Waals surface area contributed by atoms with Gasteiger partial charge < -0.3 is 4.74 Å². The van der Waals surface area contributed by atoms with Crippen molar-refractivity contribution in [2.75, 3.05) is 6.61 Å². The van der Waals surface area contributed by atoms with Gasteiger partial charge in [0.15, 0.2) is 0 Å². The normalized spacial score (nSPS) is 12.3. The molecule has 0 atom stereocenters. The number of nitro groups is 1. The summed E-state index contributed by atoms with van der Waals surface area (Å²) < 4.78 is 27.9. The Morgan fingerprint density at radius 3 is 2.63 bits per heavy atom. The fraction of sp³-hybridized carbons (Fsp3) is 0.200. The van der Waals surface area contributed by atoms with Gasteiger partial charge >= 0.3 is 0 Å². The van der Waals surface area contributed by atoms with Gasteiger partial charge in [-0.15, -0.1) is 0 Å². The van der Waals surface area contributed by atoms with Crippen molar-refractivity contribution in [2.24, 2.45) is 0 Å². The maximum atomic E-state index is 11.4. The summed E-state index contributed by atoms with van der Waals surface area (Å²) in [6.07, 6.45) is 0. The van der Waals surface area contributed by atoms with E-state index in [1.165, 1.54) is 11.6 Å². The van der Waals surface area contributed by atoms with Crippen LogP contribution in [-0.2, 0) is 9.05 Å². The summed E-state index contributed by atoms with van der Waals surface area (Å²) in [7, 11) is 1.06. The first-order valence-corrected chi connectivity index (χ1v) is 7.62. The number of nitrogens with zero attached hydrogens (tertiary/aromatic N) is 1. The number of ether oxygens (including phenoxy) is 1. The number of hydrogen-bond acceptors (Lipinski definition) is 5. The van der Waals surface area contributed by atoms with Crippen molar-refractivity contribution in [3.8, 4) is 5.75 Å². The number of halogens is 2. The second-order valence-electron chi connectivity index (χ2n) is 3.57. The Morgan fingerprint density at radius 1 is 1.53 bits per heavy atom. The summed E-state index contributed by atoms with van der Waals surface area (Å²) in [5.74, 6) is -0.0709. The zero-order chi connectivity index (χ0) is 14.6. The molecule has 0 bridgehead atoms. The van der Waals surface area contributed by atoms with Crippen molar-refractivity contribution < 1.29 is 18.1 Å². The van der Waals surface area contributed by atoms with Gasteiger partial charge in [-0.1, -0.05) is 11.6 Å². The van der Waals surface area contributed by atoms with Crippen LogP contribution in [0.5, 0.6) is 5.75 Å². The van der Waals surface area contributed by atoms with Crippen LogP contribution in [0.1, 0.15) is 6.92 Å². The van der Waals surface area contributed by atoms with Crippen molar-refractivity contribution in [1.29, 1.82) is 0 Å². The topological polar surface area (TPSA) is 86.5 Å². The van der Waals surface area contributed by atoms with Gasteiger partial charge in [-0.05, 0) is 18.6 Å². The second-order valence-corrected chi connectivity index (χ2v) is 6.32. The van der Waals surface area contributed by atoms with Crippen molar-refractivity contribution in [1.82, 2.24) is 0 Å². The first kappa shape index (κ1) is 15.7. The predicted molar refractivity (Wildman–Crippen MR) is 71.2 cm³/mol. The molecule has 104 valence electrons. The molecule has 0 saturated carbocycles. The quantitative estimate of drug-likeness (QED) is 0.471. The molecule has 0 aliphatic heterocycles. The minimum Gasteiger partial charge on any atom is -0.488 e. The Bertz CT molecular complexity index is 627. The lowest BCUT2D eigenvalue weighted by Crippen LogP contribution is -2.03. The summed E-state index contributed by atoms with van der Waals surface area (Å²) in [6.45, 7) is 1.72. The highest BCUT2D eigenvalue weighted by molar-refractivity contribution is 8.13. The third-order valence-corrected chi connectivity index (χ3v) is 3.76. The van der Waals surface area contributed by atoms with E-state index in [1.807, 2.05) is 0 Å². The maximum Gasteiger partial charge on any atom is 0.271 e. The van der Waals surface area contributed by atoms with E-state index in [-0.39, 0.29) is 12.4 Å². The summed E-state index contributed by atoms with van der Waals surface area (Å²) >= 11 is 5.44. The fourth-order valence-electron chi connectivity index (χ4n) is 1.14. The first-order valence-electron chi connectivity index (χ1n) is 4.87.